The molecule has 2 aromatic rings. The smallest absolute Gasteiger partial charge is 0.308 e. The van der Waals surface area contributed by atoms with Crippen LogP contribution >= 0.6 is 0 Å². The third-order valence-electron chi connectivity index (χ3n) is 6.30. The van der Waals surface area contributed by atoms with E-state index in [0.717, 1.165) is 36.1 Å². The van der Waals surface area contributed by atoms with Gasteiger partial charge in [0.1, 0.15) is 12.4 Å². The molecule has 33 heavy (non-hydrogen) atoms. The first-order valence-electron chi connectivity index (χ1n) is 11.8. The van der Waals surface area contributed by atoms with Crippen LogP contribution in [0.3, 0.4) is 0 Å². The summed E-state index contributed by atoms with van der Waals surface area (Å²) >= 11 is 0. The molecule has 0 saturated heterocycles. The lowest BCUT2D eigenvalue weighted by Crippen LogP contribution is -2.48. The van der Waals surface area contributed by atoms with E-state index in [4.69, 9.17) is 14.2 Å². The Bertz CT molecular complexity index is 929. The molecule has 1 atom stereocenters. The molecular weight excluding hydrogens is 418 g/mol. The first-order chi connectivity index (χ1) is 16.0. The Morgan fingerprint density at radius 1 is 1.00 bits per heavy atom. The van der Waals surface area contributed by atoms with Crippen LogP contribution in [0.15, 0.2) is 48.5 Å². The molecule has 0 amide bonds. The topological polar surface area (TPSA) is 65.1 Å². The van der Waals surface area contributed by atoms with Crippen molar-refractivity contribution in [2.24, 2.45) is 0 Å². The van der Waals surface area contributed by atoms with Gasteiger partial charge in [0.05, 0.1) is 31.6 Å². The molecular formula is C27H35NO5. The molecule has 0 bridgehead atoms. The fourth-order valence-corrected chi connectivity index (χ4v) is 4.62. The summed E-state index contributed by atoms with van der Waals surface area (Å²) < 4.78 is 16.6. The summed E-state index contributed by atoms with van der Waals surface area (Å²) in [5, 5.41) is 0. The molecule has 6 heteroatoms. The maximum Gasteiger partial charge on any atom is 0.308 e. The van der Waals surface area contributed by atoms with E-state index in [9.17, 15) is 9.59 Å². The molecule has 0 saturated carbocycles. The highest BCUT2D eigenvalue weighted by atomic mass is 16.5. The van der Waals surface area contributed by atoms with Crippen molar-refractivity contribution in [3.8, 4) is 5.75 Å². The fraction of sp³-hybridized carbons (Fsp3) is 0.481. The monoisotopic (exact) mass is 453 g/mol. The van der Waals surface area contributed by atoms with Crippen LogP contribution in [0.5, 0.6) is 5.75 Å². The summed E-state index contributed by atoms with van der Waals surface area (Å²) in [5.74, 6) is 0.307. The van der Waals surface area contributed by atoms with E-state index in [1.54, 1.807) is 6.92 Å². The first kappa shape index (κ1) is 24.8. The molecule has 0 heterocycles. The number of fused-ring (bicyclic) bond motifs is 1. The second-order valence-corrected chi connectivity index (χ2v) is 8.44. The minimum Gasteiger partial charge on any atom is -0.489 e. The van der Waals surface area contributed by atoms with Crippen molar-refractivity contribution in [1.29, 1.82) is 0 Å². The van der Waals surface area contributed by atoms with Gasteiger partial charge in [0, 0.05) is 6.54 Å². The average molecular weight is 454 g/mol. The summed E-state index contributed by atoms with van der Waals surface area (Å²) in [6, 6.07) is 16.2. The molecule has 0 N–H and O–H groups in total. The molecule has 0 fully saturated rings. The van der Waals surface area contributed by atoms with E-state index >= 15 is 0 Å². The van der Waals surface area contributed by atoms with Gasteiger partial charge in [-0.2, -0.15) is 0 Å². The number of ether oxygens (including phenoxy) is 3. The van der Waals surface area contributed by atoms with Gasteiger partial charge in [-0.3, -0.25) is 14.5 Å². The van der Waals surface area contributed by atoms with Gasteiger partial charge >= 0.3 is 11.9 Å². The summed E-state index contributed by atoms with van der Waals surface area (Å²) in [6.45, 7) is 5.30. The molecule has 1 aliphatic carbocycles. The minimum absolute atomic E-state index is 0.230. The molecule has 1 aliphatic rings. The van der Waals surface area contributed by atoms with Gasteiger partial charge in [0.2, 0.25) is 0 Å². The first-order valence-corrected chi connectivity index (χ1v) is 11.8. The van der Waals surface area contributed by atoms with Crippen LogP contribution in [0.25, 0.3) is 0 Å². The molecule has 2 aromatic carbocycles. The Balaban J connectivity index is 1.89. The van der Waals surface area contributed by atoms with Crippen LogP contribution in [0.4, 0.5) is 0 Å². The highest BCUT2D eigenvalue weighted by Crippen LogP contribution is 2.44. The van der Waals surface area contributed by atoms with E-state index in [-0.39, 0.29) is 24.8 Å². The number of hydrogen-bond acceptors (Lipinski definition) is 6. The summed E-state index contributed by atoms with van der Waals surface area (Å²) in [5.41, 5.74) is 2.83. The lowest BCUT2D eigenvalue weighted by Gasteiger charge is -2.45. The van der Waals surface area contributed by atoms with Crippen LogP contribution in [0.1, 0.15) is 56.2 Å². The number of carbonyl (C=O) groups is 2. The van der Waals surface area contributed by atoms with E-state index in [2.05, 4.69) is 17.0 Å². The lowest BCUT2D eigenvalue weighted by molar-refractivity contribution is -0.147. The zero-order chi connectivity index (χ0) is 23.7. The standard InChI is InChI=1S/C27H35NO5/c1-4-31-25(29)15-17-28(3)27(19-26(30)32-5-2)16-9-12-22-13-14-23(18-24(22)27)33-20-21-10-7-6-8-11-21/h6-8,10-11,13-14,18H,4-5,9,12,15-17,19-20H2,1-3H3. The normalized spacial score (nSPS) is 17.3. The number of nitrogens with zero attached hydrogens (tertiary/aromatic N) is 1. The number of esters is 2. The molecule has 1 unspecified atom stereocenters. The Morgan fingerprint density at radius 3 is 2.45 bits per heavy atom. The maximum absolute atomic E-state index is 12.7. The van der Waals surface area contributed by atoms with Gasteiger partial charge in [-0.05, 0) is 69.0 Å². The zero-order valence-electron chi connectivity index (χ0n) is 20.0. The van der Waals surface area contributed by atoms with Crippen LogP contribution in [0.2, 0.25) is 0 Å². The number of rotatable bonds is 11. The van der Waals surface area contributed by atoms with Gasteiger partial charge in [-0.25, -0.2) is 0 Å². The molecule has 3 rings (SSSR count). The van der Waals surface area contributed by atoms with Gasteiger partial charge in [-0.15, -0.1) is 0 Å². The van der Waals surface area contributed by atoms with Crippen LogP contribution in [-0.2, 0) is 37.6 Å². The van der Waals surface area contributed by atoms with Crippen molar-refractivity contribution in [2.45, 2.75) is 58.1 Å². The third-order valence-corrected chi connectivity index (χ3v) is 6.30. The number of aryl methyl sites for hydroxylation is 1. The van der Waals surface area contributed by atoms with Crippen LogP contribution in [-0.4, -0.2) is 43.6 Å². The predicted molar refractivity (Wildman–Crippen MR) is 127 cm³/mol. The Kier molecular flexibility index (Phi) is 8.89. The lowest BCUT2D eigenvalue weighted by atomic mass is 9.73. The van der Waals surface area contributed by atoms with Crippen LogP contribution < -0.4 is 4.74 Å². The van der Waals surface area contributed by atoms with E-state index in [1.165, 1.54) is 5.56 Å². The maximum atomic E-state index is 12.7. The quantitative estimate of drug-likeness (QED) is 0.462. The Morgan fingerprint density at radius 2 is 1.73 bits per heavy atom. The average Bonchev–Trinajstić information content (AvgIpc) is 2.82. The highest BCUT2D eigenvalue weighted by molar-refractivity contribution is 5.72. The van der Waals surface area contributed by atoms with E-state index in [0.29, 0.717) is 26.4 Å². The van der Waals surface area contributed by atoms with Crippen molar-refractivity contribution in [3.63, 3.8) is 0 Å². The zero-order valence-corrected chi connectivity index (χ0v) is 20.0. The summed E-state index contributed by atoms with van der Waals surface area (Å²) in [6.07, 6.45) is 3.22. The molecule has 0 radical (unpaired) electrons. The molecule has 0 aromatic heterocycles. The minimum atomic E-state index is -0.557. The second kappa shape index (κ2) is 11.8. The van der Waals surface area contributed by atoms with Crippen molar-refractivity contribution < 1.29 is 23.8 Å². The molecule has 6 nitrogen and oxygen atoms in total. The largest absolute Gasteiger partial charge is 0.489 e. The van der Waals surface area contributed by atoms with Crippen molar-refractivity contribution in [1.82, 2.24) is 4.90 Å². The van der Waals surface area contributed by atoms with Crippen molar-refractivity contribution >= 4 is 11.9 Å². The van der Waals surface area contributed by atoms with E-state index in [1.807, 2.05) is 50.4 Å². The summed E-state index contributed by atoms with van der Waals surface area (Å²) in [7, 11) is 1.98. The van der Waals surface area contributed by atoms with Gasteiger partial charge < -0.3 is 14.2 Å². The number of hydrogen-bond donors (Lipinski definition) is 0. The summed E-state index contributed by atoms with van der Waals surface area (Å²) in [4.78, 5) is 26.8. The molecule has 178 valence electrons. The third kappa shape index (κ3) is 6.35. The van der Waals surface area contributed by atoms with Gasteiger partial charge in [0.15, 0.2) is 0 Å². The second-order valence-electron chi connectivity index (χ2n) is 8.44. The molecule has 0 aliphatic heterocycles. The Hall–Kier alpha value is -2.86. The number of benzene rings is 2. The van der Waals surface area contributed by atoms with Crippen LogP contribution in [0, 0.1) is 0 Å². The Labute approximate surface area is 196 Å². The highest BCUT2D eigenvalue weighted by Gasteiger charge is 2.42. The van der Waals surface area contributed by atoms with Crippen molar-refractivity contribution in [3.05, 3.63) is 65.2 Å². The molecule has 0 spiro atoms. The fourth-order valence-electron chi connectivity index (χ4n) is 4.62. The van der Waals surface area contributed by atoms with Crippen molar-refractivity contribution in [2.75, 3.05) is 26.8 Å². The van der Waals surface area contributed by atoms with Gasteiger partial charge in [-0.1, -0.05) is 36.4 Å². The predicted octanol–water partition coefficient (Wildman–Crippen LogP) is 4.64. The van der Waals surface area contributed by atoms with Gasteiger partial charge in [0.25, 0.3) is 0 Å². The van der Waals surface area contributed by atoms with E-state index < -0.39 is 5.54 Å². The number of carbonyl (C=O) groups excluding carboxylic acids is 2. The SMILES string of the molecule is CCOC(=O)CCN(C)C1(CC(=O)OCC)CCCc2ccc(OCc3ccccc3)cc21.